The van der Waals surface area contributed by atoms with Crippen molar-refractivity contribution in [2.24, 2.45) is 0 Å². The number of ether oxygens (including phenoxy) is 1. The summed E-state index contributed by atoms with van der Waals surface area (Å²) >= 11 is 0. The fourth-order valence-electron chi connectivity index (χ4n) is 4.50. The molecule has 24 heavy (non-hydrogen) atoms. The molecule has 1 N–H and O–H groups in total. The molecule has 0 bridgehead atoms. The van der Waals surface area contributed by atoms with E-state index in [1.165, 1.54) is 31.2 Å². The molecule has 132 valence electrons. The molecule has 1 saturated carbocycles. The van der Waals surface area contributed by atoms with E-state index in [-0.39, 0.29) is 18.5 Å². The van der Waals surface area contributed by atoms with Crippen LogP contribution in [0.25, 0.3) is 0 Å². The molecule has 4 rings (SSSR count). The van der Waals surface area contributed by atoms with E-state index in [4.69, 9.17) is 4.74 Å². The highest BCUT2D eigenvalue weighted by Crippen LogP contribution is 2.45. The van der Waals surface area contributed by atoms with E-state index in [1.807, 2.05) is 4.90 Å². The van der Waals surface area contributed by atoms with Gasteiger partial charge in [0.25, 0.3) is 0 Å². The fraction of sp³-hybridized carbons (Fsp3) is 0.632. The Morgan fingerprint density at radius 2 is 1.71 bits per heavy atom. The van der Waals surface area contributed by atoms with Gasteiger partial charge in [-0.1, -0.05) is 43.9 Å². The number of nitrogens with one attached hydrogen (secondary N) is 1. The lowest BCUT2D eigenvalue weighted by Gasteiger charge is -2.46. The third-order valence-electron chi connectivity index (χ3n) is 5.73. The Morgan fingerprint density at radius 1 is 1.04 bits per heavy atom. The first-order chi connectivity index (χ1) is 11.3. The number of carbonyl (C=O) groups excluding carboxylic acids is 1. The number of hydrogen-bond acceptors (Lipinski definition) is 3. The first kappa shape index (κ1) is 17.6. The fourth-order valence-corrected chi connectivity index (χ4v) is 4.50. The molecule has 1 spiro atoms. The minimum atomic E-state index is -0.417. The number of amides is 1. The normalized spacial score (nSPS) is 23.8. The van der Waals surface area contributed by atoms with E-state index in [9.17, 15) is 4.79 Å². The lowest BCUT2D eigenvalue weighted by atomic mass is 9.82. The summed E-state index contributed by atoms with van der Waals surface area (Å²) in [6.45, 7) is 1.82. The molecular formula is C19H27ClN2O2. The lowest BCUT2D eigenvalue weighted by molar-refractivity contribution is -0.0192. The smallest absolute Gasteiger partial charge is 0.415 e. The number of rotatable bonds is 1. The molecule has 1 amide bonds. The number of para-hydroxylation sites is 1. The van der Waals surface area contributed by atoms with E-state index in [0.717, 1.165) is 44.5 Å². The van der Waals surface area contributed by atoms with Crippen LogP contribution in [0.1, 0.15) is 56.9 Å². The van der Waals surface area contributed by atoms with Crippen molar-refractivity contribution in [1.82, 2.24) is 5.32 Å². The maximum absolute atomic E-state index is 12.9. The van der Waals surface area contributed by atoms with Crippen molar-refractivity contribution < 1.29 is 9.53 Å². The van der Waals surface area contributed by atoms with Crippen LogP contribution in [0.4, 0.5) is 10.5 Å². The van der Waals surface area contributed by atoms with Gasteiger partial charge in [0.15, 0.2) is 0 Å². The molecule has 1 aromatic rings. The molecule has 1 aliphatic carbocycles. The minimum Gasteiger partial charge on any atom is -0.437 e. The zero-order chi connectivity index (χ0) is 15.7. The molecular weight excluding hydrogens is 324 g/mol. The second-order valence-electron chi connectivity index (χ2n) is 7.14. The Labute approximate surface area is 150 Å². The first-order valence-corrected chi connectivity index (χ1v) is 9.13. The van der Waals surface area contributed by atoms with Gasteiger partial charge < -0.3 is 10.1 Å². The molecule has 3 aliphatic rings. The van der Waals surface area contributed by atoms with Gasteiger partial charge in [0.2, 0.25) is 0 Å². The van der Waals surface area contributed by atoms with Crippen LogP contribution in [0.15, 0.2) is 24.3 Å². The zero-order valence-corrected chi connectivity index (χ0v) is 14.9. The molecule has 2 fully saturated rings. The van der Waals surface area contributed by atoms with Gasteiger partial charge in [0.1, 0.15) is 5.60 Å². The summed E-state index contributed by atoms with van der Waals surface area (Å²) in [5.41, 5.74) is 1.89. The molecule has 0 atom stereocenters. The van der Waals surface area contributed by atoms with E-state index in [1.54, 1.807) is 0 Å². The quantitative estimate of drug-likeness (QED) is 0.765. The highest BCUT2D eigenvalue weighted by molar-refractivity contribution is 5.92. The van der Waals surface area contributed by atoms with Gasteiger partial charge in [0.05, 0.1) is 5.69 Å². The molecule has 2 aliphatic heterocycles. The number of anilines is 1. The van der Waals surface area contributed by atoms with E-state index in [0.29, 0.717) is 6.04 Å². The summed E-state index contributed by atoms with van der Waals surface area (Å²) in [6, 6.07) is 8.70. The molecule has 2 heterocycles. The van der Waals surface area contributed by atoms with Gasteiger partial charge >= 0.3 is 6.09 Å². The number of piperidine rings is 1. The number of hydrogen-bond donors (Lipinski definition) is 1. The Balaban J connectivity index is 0.00000169. The average Bonchev–Trinajstić information content (AvgIpc) is 2.85. The molecule has 0 unspecified atom stereocenters. The number of halogens is 1. The number of benzene rings is 1. The highest BCUT2D eigenvalue weighted by Gasteiger charge is 2.47. The van der Waals surface area contributed by atoms with Crippen molar-refractivity contribution in [1.29, 1.82) is 0 Å². The Hall–Kier alpha value is -1.26. The predicted octanol–water partition coefficient (Wildman–Crippen LogP) is 4.37. The Kier molecular flexibility index (Phi) is 5.36. The molecule has 4 nitrogen and oxygen atoms in total. The van der Waals surface area contributed by atoms with Crippen molar-refractivity contribution in [2.75, 3.05) is 18.0 Å². The number of nitrogens with zero attached hydrogens (tertiary/aromatic N) is 1. The van der Waals surface area contributed by atoms with Crippen LogP contribution in [0.5, 0.6) is 0 Å². The topological polar surface area (TPSA) is 41.6 Å². The SMILES string of the molecule is Cl.O=C1OC2(CCNCC2)c2ccccc2N1C1CCCCCC1. The minimum absolute atomic E-state index is 0. The van der Waals surface area contributed by atoms with Crippen LogP contribution in [0, 0.1) is 0 Å². The second-order valence-corrected chi connectivity index (χ2v) is 7.14. The maximum Gasteiger partial charge on any atom is 0.415 e. The van der Waals surface area contributed by atoms with Gasteiger partial charge in [-0.2, -0.15) is 0 Å². The summed E-state index contributed by atoms with van der Waals surface area (Å²) in [4.78, 5) is 14.9. The van der Waals surface area contributed by atoms with E-state index >= 15 is 0 Å². The molecule has 0 radical (unpaired) electrons. The zero-order valence-electron chi connectivity index (χ0n) is 14.1. The van der Waals surface area contributed by atoms with E-state index < -0.39 is 5.60 Å². The summed E-state index contributed by atoms with van der Waals surface area (Å²) in [6.07, 6.45) is 8.81. The maximum atomic E-state index is 12.9. The first-order valence-electron chi connectivity index (χ1n) is 9.13. The summed E-state index contributed by atoms with van der Waals surface area (Å²) < 4.78 is 6.09. The van der Waals surface area contributed by atoms with Gasteiger partial charge in [-0.15, -0.1) is 12.4 Å². The number of fused-ring (bicyclic) bond motifs is 2. The summed E-state index contributed by atoms with van der Waals surface area (Å²) in [5, 5.41) is 3.38. The summed E-state index contributed by atoms with van der Waals surface area (Å²) in [7, 11) is 0. The predicted molar refractivity (Wildman–Crippen MR) is 97.9 cm³/mol. The van der Waals surface area contributed by atoms with Crippen molar-refractivity contribution >= 4 is 24.2 Å². The third kappa shape index (κ3) is 3.02. The summed E-state index contributed by atoms with van der Waals surface area (Å²) in [5.74, 6) is 0. The Morgan fingerprint density at radius 3 is 2.42 bits per heavy atom. The van der Waals surface area contributed by atoms with Crippen molar-refractivity contribution in [3.63, 3.8) is 0 Å². The van der Waals surface area contributed by atoms with Gasteiger partial charge in [-0.3, -0.25) is 4.90 Å². The highest BCUT2D eigenvalue weighted by atomic mass is 35.5. The molecule has 5 heteroatoms. The molecule has 1 saturated heterocycles. The van der Waals surface area contributed by atoms with Crippen LogP contribution in [0.2, 0.25) is 0 Å². The van der Waals surface area contributed by atoms with Crippen LogP contribution >= 0.6 is 12.4 Å². The average molecular weight is 351 g/mol. The van der Waals surface area contributed by atoms with Gasteiger partial charge in [-0.05, 0) is 32.0 Å². The van der Waals surface area contributed by atoms with Gasteiger partial charge in [-0.25, -0.2) is 4.79 Å². The van der Waals surface area contributed by atoms with Crippen LogP contribution in [0.3, 0.4) is 0 Å². The lowest BCUT2D eigenvalue weighted by Crippen LogP contribution is -2.53. The van der Waals surface area contributed by atoms with E-state index in [2.05, 4.69) is 29.6 Å². The van der Waals surface area contributed by atoms with Crippen LogP contribution in [-0.4, -0.2) is 25.2 Å². The Bertz CT molecular complexity index is 578. The standard InChI is InChI=1S/C19H26N2O2.ClH/c22-18-21(15-7-3-1-2-4-8-15)17-10-6-5-9-16(17)19(23-18)11-13-20-14-12-19;/h5-6,9-10,15,20H,1-4,7-8,11-14H2;1H. The van der Waals surface area contributed by atoms with Crippen molar-refractivity contribution in [3.05, 3.63) is 29.8 Å². The largest absolute Gasteiger partial charge is 0.437 e. The second kappa shape index (κ2) is 7.32. The molecule has 0 aromatic heterocycles. The molecule has 1 aromatic carbocycles. The number of carbonyl (C=O) groups is 1. The van der Waals surface area contributed by atoms with Crippen LogP contribution < -0.4 is 10.2 Å². The van der Waals surface area contributed by atoms with Gasteiger partial charge in [0, 0.05) is 24.4 Å². The van der Waals surface area contributed by atoms with Crippen molar-refractivity contribution in [3.8, 4) is 0 Å². The third-order valence-corrected chi connectivity index (χ3v) is 5.73. The van der Waals surface area contributed by atoms with Crippen molar-refractivity contribution in [2.45, 2.75) is 63.0 Å². The monoisotopic (exact) mass is 350 g/mol. The van der Waals surface area contributed by atoms with Crippen LogP contribution in [-0.2, 0) is 10.3 Å².